The summed E-state index contributed by atoms with van der Waals surface area (Å²) >= 11 is 0. The summed E-state index contributed by atoms with van der Waals surface area (Å²) in [6.07, 6.45) is 0. The first-order valence-corrected chi connectivity index (χ1v) is 11.0. The van der Waals surface area contributed by atoms with Crippen molar-refractivity contribution in [2.75, 3.05) is 0 Å². The minimum Gasteiger partial charge on any atom is -0.507 e. The first kappa shape index (κ1) is 23.3. The minimum atomic E-state index is -0.531. The van der Waals surface area contributed by atoms with Gasteiger partial charge in [-0.25, -0.2) is 0 Å². The van der Waals surface area contributed by atoms with Gasteiger partial charge >= 0.3 is 0 Å². The van der Waals surface area contributed by atoms with E-state index in [1.807, 2.05) is 0 Å². The highest BCUT2D eigenvalue weighted by Crippen LogP contribution is 2.47. The number of rotatable bonds is 6. The highest BCUT2D eigenvalue weighted by molar-refractivity contribution is 5.58. The van der Waals surface area contributed by atoms with E-state index in [4.69, 9.17) is 0 Å². The third kappa shape index (κ3) is 4.47. The van der Waals surface area contributed by atoms with Gasteiger partial charge in [-0.2, -0.15) is 0 Å². The van der Waals surface area contributed by atoms with E-state index in [1.54, 1.807) is 0 Å². The lowest BCUT2D eigenvalue weighted by molar-refractivity contribution is 0.425. The van der Waals surface area contributed by atoms with Crippen LogP contribution in [0.2, 0.25) is 0 Å². The van der Waals surface area contributed by atoms with Crippen LogP contribution in [0.1, 0.15) is 126 Å². The summed E-state index contributed by atoms with van der Waals surface area (Å²) in [5, 5.41) is 22.5. The van der Waals surface area contributed by atoms with Crippen LogP contribution in [0.3, 0.4) is 0 Å². The van der Waals surface area contributed by atoms with Gasteiger partial charge in [0.25, 0.3) is 0 Å². The molecule has 0 amide bonds. The van der Waals surface area contributed by atoms with Gasteiger partial charge in [0.1, 0.15) is 11.5 Å². The molecule has 0 aliphatic heterocycles. The normalized spacial score (nSPS) is 12.6. The van der Waals surface area contributed by atoms with Crippen molar-refractivity contribution in [1.29, 1.82) is 0 Å². The van der Waals surface area contributed by atoms with Crippen LogP contribution in [0.4, 0.5) is 0 Å². The molecule has 2 rings (SSSR count). The molecule has 29 heavy (non-hydrogen) atoms. The molecule has 0 aliphatic carbocycles. The van der Waals surface area contributed by atoms with Gasteiger partial charge in [-0.1, -0.05) is 93.5 Å². The predicted molar refractivity (Wildman–Crippen MR) is 125 cm³/mol. The molecule has 2 heteroatoms. The van der Waals surface area contributed by atoms with Gasteiger partial charge in [0, 0.05) is 16.5 Å². The lowest BCUT2D eigenvalue weighted by Gasteiger charge is -2.32. The van der Waals surface area contributed by atoms with Crippen molar-refractivity contribution in [1.82, 2.24) is 0 Å². The quantitative estimate of drug-likeness (QED) is 0.520. The summed E-state index contributed by atoms with van der Waals surface area (Å²) in [6, 6.07) is 8.52. The molecule has 2 aromatic rings. The van der Waals surface area contributed by atoms with Gasteiger partial charge in [-0.05, 0) is 45.9 Å². The fourth-order valence-corrected chi connectivity index (χ4v) is 4.01. The summed E-state index contributed by atoms with van der Waals surface area (Å²) in [4.78, 5) is 0. The Morgan fingerprint density at radius 2 is 0.862 bits per heavy atom. The zero-order valence-corrected chi connectivity index (χ0v) is 20.0. The molecule has 0 saturated heterocycles. The second-order valence-electron chi connectivity index (χ2n) is 10.3. The largest absolute Gasteiger partial charge is 0.507 e. The number of hydrogen-bond acceptors (Lipinski definition) is 2. The van der Waals surface area contributed by atoms with E-state index >= 15 is 0 Å². The third-order valence-electron chi connectivity index (χ3n) is 6.25. The van der Waals surface area contributed by atoms with Crippen LogP contribution in [0.5, 0.6) is 11.5 Å². The van der Waals surface area contributed by atoms with Crippen LogP contribution >= 0.6 is 0 Å². The maximum Gasteiger partial charge on any atom is 0.123 e. The molecule has 0 bridgehead atoms. The van der Waals surface area contributed by atoms with Crippen molar-refractivity contribution in [3.8, 4) is 11.5 Å². The van der Waals surface area contributed by atoms with Crippen LogP contribution < -0.4 is 0 Å². The molecule has 0 atom stereocenters. The number of phenols is 2. The van der Waals surface area contributed by atoms with Gasteiger partial charge in [0.2, 0.25) is 0 Å². The first-order valence-electron chi connectivity index (χ1n) is 11.0. The molecule has 0 spiro atoms. The van der Waals surface area contributed by atoms with E-state index in [9.17, 15) is 10.2 Å². The molecule has 160 valence electrons. The molecular formula is C27H40O2. The molecule has 2 aromatic carbocycles. The topological polar surface area (TPSA) is 40.5 Å². The van der Waals surface area contributed by atoms with E-state index < -0.39 is 5.41 Å². The van der Waals surface area contributed by atoms with Gasteiger partial charge in [0.05, 0.1) is 0 Å². The van der Waals surface area contributed by atoms with E-state index in [0.717, 1.165) is 22.3 Å². The number of hydrogen-bond donors (Lipinski definition) is 2. The van der Waals surface area contributed by atoms with Gasteiger partial charge < -0.3 is 10.2 Å². The van der Waals surface area contributed by atoms with Crippen molar-refractivity contribution in [3.63, 3.8) is 0 Å². The molecular weight excluding hydrogens is 356 g/mol. The lowest BCUT2D eigenvalue weighted by atomic mass is 9.73. The zero-order chi connectivity index (χ0) is 22.3. The second-order valence-corrected chi connectivity index (χ2v) is 10.3. The average molecular weight is 397 g/mol. The van der Waals surface area contributed by atoms with Crippen molar-refractivity contribution < 1.29 is 10.2 Å². The molecule has 0 fully saturated rings. The van der Waals surface area contributed by atoms with E-state index in [1.165, 1.54) is 11.1 Å². The van der Waals surface area contributed by atoms with Crippen molar-refractivity contribution in [2.24, 2.45) is 0 Å². The Morgan fingerprint density at radius 3 is 1.10 bits per heavy atom. The molecule has 0 radical (unpaired) electrons. The standard InChI is InChI=1S/C27H40O2/c1-15(2)19-11-21(17(5)6)25(28)23(13-19)27(9,10)24-14-20(16(3)4)12-22(18(7)8)26(24)29/h11-18,28-29H,1-10H3. The Bertz CT molecular complexity index is 799. The maximum absolute atomic E-state index is 11.2. The number of aromatic hydroxyl groups is 2. The Kier molecular flexibility index (Phi) is 6.77. The highest BCUT2D eigenvalue weighted by atomic mass is 16.3. The van der Waals surface area contributed by atoms with Gasteiger partial charge in [-0.15, -0.1) is 0 Å². The molecule has 0 aromatic heterocycles. The SMILES string of the molecule is CC(C)c1cc(C(C)C)c(O)c(C(C)(C)c2cc(C(C)C)cc(C(C)C)c2O)c1. The fraction of sp³-hybridized carbons (Fsp3) is 0.556. The second kappa shape index (κ2) is 8.42. The van der Waals surface area contributed by atoms with Crippen LogP contribution in [0.15, 0.2) is 24.3 Å². The molecule has 2 nitrogen and oxygen atoms in total. The summed E-state index contributed by atoms with van der Waals surface area (Å²) in [5.74, 6) is 1.90. The minimum absolute atomic E-state index is 0.227. The smallest absolute Gasteiger partial charge is 0.123 e. The molecule has 2 N–H and O–H groups in total. The maximum atomic E-state index is 11.2. The van der Waals surface area contributed by atoms with Gasteiger partial charge in [-0.3, -0.25) is 0 Å². The Morgan fingerprint density at radius 1 is 0.552 bits per heavy atom. The van der Waals surface area contributed by atoms with Crippen LogP contribution in [0.25, 0.3) is 0 Å². The van der Waals surface area contributed by atoms with E-state index in [2.05, 4.69) is 93.5 Å². The summed E-state index contributed by atoms with van der Waals surface area (Å²) in [7, 11) is 0. The van der Waals surface area contributed by atoms with Crippen LogP contribution in [-0.4, -0.2) is 10.2 Å². The van der Waals surface area contributed by atoms with Gasteiger partial charge in [0.15, 0.2) is 0 Å². The summed E-state index contributed by atoms with van der Waals surface area (Å²) in [6.45, 7) is 21.4. The Balaban J connectivity index is 2.85. The molecule has 0 aliphatic rings. The Labute approximate surface area is 178 Å². The number of benzene rings is 2. The summed E-state index contributed by atoms with van der Waals surface area (Å²) < 4.78 is 0. The van der Waals surface area contributed by atoms with Crippen LogP contribution in [-0.2, 0) is 5.41 Å². The Hall–Kier alpha value is -1.96. The summed E-state index contributed by atoms with van der Waals surface area (Å²) in [5.41, 5.74) is 5.63. The monoisotopic (exact) mass is 396 g/mol. The number of phenolic OH excluding ortho intramolecular Hbond substituents is 2. The van der Waals surface area contributed by atoms with E-state index in [0.29, 0.717) is 23.3 Å². The lowest BCUT2D eigenvalue weighted by Crippen LogP contribution is -2.21. The molecule has 0 heterocycles. The zero-order valence-electron chi connectivity index (χ0n) is 20.0. The molecule has 0 unspecified atom stereocenters. The van der Waals surface area contributed by atoms with Crippen LogP contribution in [0, 0.1) is 0 Å². The first-order chi connectivity index (χ1) is 13.3. The highest BCUT2D eigenvalue weighted by Gasteiger charge is 2.33. The average Bonchev–Trinajstić information content (AvgIpc) is 2.60. The van der Waals surface area contributed by atoms with Crippen molar-refractivity contribution in [2.45, 2.75) is 98.3 Å². The van der Waals surface area contributed by atoms with Crippen molar-refractivity contribution >= 4 is 0 Å². The van der Waals surface area contributed by atoms with Crippen molar-refractivity contribution in [3.05, 3.63) is 57.6 Å². The molecule has 0 saturated carbocycles. The fourth-order valence-electron chi connectivity index (χ4n) is 4.01. The predicted octanol–water partition coefficient (Wildman–Crippen LogP) is 7.92. The third-order valence-corrected chi connectivity index (χ3v) is 6.25. The van der Waals surface area contributed by atoms with E-state index in [-0.39, 0.29) is 11.8 Å².